The molecule has 0 aliphatic heterocycles. The lowest BCUT2D eigenvalue weighted by Crippen LogP contribution is -2.33. The molecule has 7 nitrogen and oxygen atoms in total. The molecule has 0 aromatic heterocycles. The van der Waals surface area contributed by atoms with Crippen molar-refractivity contribution in [2.75, 3.05) is 0 Å². The van der Waals surface area contributed by atoms with E-state index in [0.717, 1.165) is 0 Å². The molecule has 0 amide bonds. The highest BCUT2D eigenvalue weighted by atomic mass is 35.5. The molecule has 1 rings (SSSR count). The van der Waals surface area contributed by atoms with Gasteiger partial charge in [-0.25, -0.2) is 0 Å². The molecule has 0 heterocycles. The van der Waals surface area contributed by atoms with Crippen molar-refractivity contribution in [3.05, 3.63) is 37.4 Å². The maximum absolute atomic E-state index is 12.7. The lowest BCUT2D eigenvalue weighted by Gasteiger charge is -2.16. The first-order chi connectivity index (χ1) is 9.06. The third-order valence-corrected chi connectivity index (χ3v) is 2.30. The molecule has 110 valence electrons. The van der Waals surface area contributed by atoms with E-state index in [4.69, 9.17) is 11.6 Å². The van der Waals surface area contributed by atoms with Crippen LogP contribution in [-0.2, 0) is 0 Å². The van der Waals surface area contributed by atoms with Crippen molar-refractivity contribution in [2.45, 2.75) is 12.5 Å². The molecule has 0 saturated carbocycles. The third-order valence-electron chi connectivity index (χ3n) is 1.91. The first-order valence-electron chi connectivity index (χ1n) is 4.53. The van der Waals surface area contributed by atoms with Crippen LogP contribution in [-0.4, -0.2) is 22.4 Å². The van der Waals surface area contributed by atoms with Crippen LogP contribution in [0.2, 0.25) is 5.02 Å². The Kier molecular flexibility index (Phi) is 4.33. The number of benzene rings is 1. The second kappa shape index (κ2) is 5.45. The fourth-order valence-corrected chi connectivity index (χ4v) is 1.34. The van der Waals surface area contributed by atoms with Crippen LogP contribution in [0.1, 0.15) is 0 Å². The van der Waals surface area contributed by atoms with Crippen LogP contribution in [0.25, 0.3) is 0 Å². The number of ether oxygens (including phenoxy) is 1. The van der Waals surface area contributed by atoms with Crippen molar-refractivity contribution < 1.29 is 32.1 Å². The quantitative estimate of drug-likeness (QED) is 0.471. The Hall–Kier alpha value is -2.17. The van der Waals surface area contributed by atoms with Gasteiger partial charge in [-0.2, -0.15) is 17.6 Å². The molecule has 12 heteroatoms. The van der Waals surface area contributed by atoms with E-state index in [9.17, 15) is 37.8 Å². The lowest BCUT2D eigenvalue weighted by atomic mass is 10.2. The highest BCUT2D eigenvalue weighted by Gasteiger charge is 2.44. The second-order valence-corrected chi connectivity index (χ2v) is 3.63. The van der Waals surface area contributed by atoms with E-state index in [1.165, 1.54) is 0 Å². The van der Waals surface area contributed by atoms with Crippen molar-refractivity contribution >= 4 is 23.0 Å². The van der Waals surface area contributed by atoms with Gasteiger partial charge in [0.1, 0.15) is 5.75 Å². The van der Waals surface area contributed by atoms with Gasteiger partial charge in [0.05, 0.1) is 22.0 Å². The molecule has 0 aliphatic carbocycles. The minimum absolute atomic E-state index is 0.283. The third kappa shape index (κ3) is 3.23. The Morgan fingerprint density at radius 2 is 1.55 bits per heavy atom. The lowest BCUT2D eigenvalue weighted by molar-refractivity contribution is -0.394. The predicted molar refractivity (Wildman–Crippen MR) is 56.3 cm³/mol. The highest BCUT2D eigenvalue weighted by molar-refractivity contribution is 6.34. The topological polar surface area (TPSA) is 95.5 Å². The van der Waals surface area contributed by atoms with Crippen LogP contribution >= 0.6 is 11.6 Å². The molecule has 0 radical (unpaired) electrons. The van der Waals surface area contributed by atoms with Gasteiger partial charge in [0.15, 0.2) is 5.02 Å². The molecule has 0 aliphatic rings. The van der Waals surface area contributed by atoms with E-state index in [0.29, 0.717) is 0 Å². The number of nitro benzene ring substituents is 2. The number of halogens is 5. The van der Waals surface area contributed by atoms with Crippen molar-refractivity contribution in [1.82, 2.24) is 0 Å². The van der Waals surface area contributed by atoms with Gasteiger partial charge in [-0.15, -0.1) is 0 Å². The standard InChI is InChI=1S/C8H3ClF4N2O5/c9-6-4(14(16)17)1-3(2-5(6)15(18)19)20-8(12,13)7(10)11/h1-2,7H. The van der Waals surface area contributed by atoms with Gasteiger partial charge in [-0.1, -0.05) is 11.6 Å². The summed E-state index contributed by atoms with van der Waals surface area (Å²) in [6.45, 7) is 0. The Morgan fingerprint density at radius 1 is 1.15 bits per heavy atom. The van der Waals surface area contributed by atoms with Crippen molar-refractivity contribution in [1.29, 1.82) is 0 Å². The monoisotopic (exact) mass is 318 g/mol. The van der Waals surface area contributed by atoms with E-state index in [-0.39, 0.29) is 12.1 Å². The molecule has 0 unspecified atom stereocenters. The highest BCUT2D eigenvalue weighted by Crippen LogP contribution is 2.39. The van der Waals surface area contributed by atoms with Gasteiger partial charge in [0, 0.05) is 0 Å². The van der Waals surface area contributed by atoms with Gasteiger partial charge >= 0.3 is 12.5 Å². The Labute approximate surface area is 112 Å². The number of alkyl halides is 4. The predicted octanol–water partition coefficient (Wildman–Crippen LogP) is 3.39. The summed E-state index contributed by atoms with van der Waals surface area (Å²) in [6, 6.07) is 0.567. The zero-order valence-corrected chi connectivity index (χ0v) is 9.81. The maximum atomic E-state index is 12.7. The summed E-state index contributed by atoms with van der Waals surface area (Å²) in [5.41, 5.74) is -2.25. The second-order valence-electron chi connectivity index (χ2n) is 3.25. The van der Waals surface area contributed by atoms with E-state index in [2.05, 4.69) is 4.74 Å². The first-order valence-corrected chi connectivity index (χ1v) is 4.91. The zero-order chi connectivity index (χ0) is 15.7. The van der Waals surface area contributed by atoms with Gasteiger partial charge < -0.3 is 4.74 Å². The Balaban J connectivity index is 3.35. The van der Waals surface area contributed by atoms with Crippen LogP contribution in [0.5, 0.6) is 5.75 Å². The van der Waals surface area contributed by atoms with Crippen molar-refractivity contribution in [2.24, 2.45) is 0 Å². The molecule has 0 fully saturated rings. The summed E-state index contributed by atoms with van der Waals surface area (Å²) in [7, 11) is 0. The van der Waals surface area contributed by atoms with Gasteiger partial charge in [0.2, 0.25) is 0 Å². The minimum Gasteiger partial charge on any atom is -0.428 e. The van der Waals surface area contributed by atoms with Crippen LogP contribution in [0.4, 0.5) is 28.9 Å². The summed E-state index contributed by atoms with van der Waals surface area (Å²) in [5.74, 6) is -1.18. The van der Waals surface area contributed by atoms with Gasteiger partial charge in [-0.05, 0) is 0 Å². The number of hydrogen-bond donors (Lipinski definition) is 0. The average molecular weight is 319 g/mol. The number of hydrogen-bond acceptors (Lipinski definition) is 5. The largest absolute Gasteiger partial charge is 0.461 e. The normalized spacial score (nSPS) is 11.5. The Bertz CT molecular complexity index is 533. The fourth-order valence-electron chi connectivity index (χ4n) is 1.10. The van der Waals surface area contributed by atoms with Crippen LogP contribution in [0, 0.1) is 20.2 Å². The first kappa shape index (κ1) is 15.9. The molecular weight excluding hydrogens is 316 g/mol. The van der Waals surface area contributed by atoms with Crippen molar-refractivity contribution in [3.63, 3.8) is 0 Å². The molecule has 1 aromatic rings. The number of rotatable bonds is 5. The number of nitro groups is 2. The maximum Gasteiger partial charge on any atom is 0.461 e. The fraction of sp³-hybridized carbons (Fsp3) is 0.250. The molecule has 0 spiro atoms. The average Bonchev–Trinajstić information content (AvgIpc) is 2.29. The van der Waals surface area contributed by atoms with Gasteiger partial charge in [0.25, 0.3) is 11.4 Å². The molecule has 0 saturated heterocycles. The summed E-state index contributed by atoms with van der Waals surface area (Å²) >= 11 is 5.33. The van der Waals surface area contributed by atoms with Crippen molar-refractivity contribution in [3.8, 4) is 5.75 Å². The molecule has 1 aromatic carbocycles. The molecule has 20 heavy (non-hydrogen) atoms. The summed E-state index contributed by atoms with van der Waals surface area (Å²) < 4.78 is 52.7. The van der Waals surface area contributed by atoms with E-state index in [1.807, 2.05) is 0 Å². The molecular formula is C8H3ClF4N2O5. The number of nitrogens with zero attached hydrogens (tertiary/aromatic N) is 2. The minimum atomic E-state index is -4.96. The molecule has 0 atom stereocenters. The summed E-state index contributed by atoms with van der Waals surface area (Å²) in [6.07, 6.45) is -9.19. The van der Waals surface area contributed by atoms with E-state index < -0.39 is 44.5 Å². The molecule has 0 N–H and O–H groups in total. The van der Waals surface area contributed by atoms with E-state index in [1.54, 1.807) is 0 Å². The van der Waals surface area contributed by atoms with Crippen LogP contribution in [0.3, 0.4) is 0 Å². The SMILES string of the molecule is O=[N+]([O-])c1cc(OC(F)(F)C(F)F)cc([N+](=O)[O-])c1Cl. The van der Waals surface area contributed by atoms with E-state index >= 15 is 0 Å². The van der Waals surface area contributed by atoms with Crippen LogP contribution in [0.15, 0.2) is 12.1 Å². The smallest absolute Gasteiger partial charge is 0.428 e. The Morgan fingerprint density at radius 3 is 1.85 bits per heavy atom. The molecule has 0 bridgehead atoms. The zero-order valence-electron chi connectivity index (χ0n) is 9.06. The van der Waals surface area contributed by atoms with Crippen LogP contribution < -0.4 is 4.74 Å². The van der Waals surface area contributed by atoms with Gasteiger partial charge in [-0.3, -0.25) is 20.2 Å². The summed E-state index contributed by atoms with van der Waals surface area (Å²) in [4.78, 5) is 18.7. The summed E-state index contributed by atoms with van der Waals surface area (Å²) in [5, 5.41) is 20.2.